The second-order valence-electron chi connectivity index (χ2n) is 9.57. The molecular weight excluding hydrogens is 604 g/mol. The number of anilines is 1. The quantitative estimate of drug-likeness (QED) is 0.155. The molecule has 13 heteroatoms. The second kappa shape index (κ2) is 12.1. The average molecular weight is 625 g/mol. The van der Waals surface area contributed by atoms with Gasteiger partial charge < -0.3 is 5.32 Å². The maximum Gasteiger partial charge on any atom is 0.283 e. The third-order valence-electron chi connectivity index (χ3n) is 6.70. The monoisotopic (exact) mass is 624 g/mol. The average Bonchev–Trinajstić information content (AvgIpc) is 3.32. The van der Waals surface area contributed by atoms with E-state index in [0.717, 1.165) is 23.1 Å². The fourth-order valence-corrected chi connectivity index (χ4v) is 6.58. The molecule has 10 nitrogen and oxygen atoms in total. The summed E-state index contributed by atoms with van der Waals surface area (Å²) in [5.41, 5.74) is 1.54. The number of nitro groups is 1. The van der Waals surface area contributed by atoms with Gasteiger partial charge in [0.15, 0.2) is 9.96 Å². The molecule has 6 rings (SSSR count). The van der Waals surface area contributed by atoms with Gasteiger partial charge >= 0.3 is 0 Å². The Morgan fingerprint density at radius 1 is 1.07 bits per heavy atom. The van der Waals surface area contributed by atoms with E-state index in [0.29, 0.717) is 37.4 Å². The summed E-state index contributed by atoms with van der Waals surface area (Å²) in [4.78, 5) is 52.5. The van der Waals surface area contributed by atoms with Crippen LogP contribution in [-0.4, -0.2) is 25.4 Å². The van der Waals surface area contributed by atoms with E-state index in [4.69, 9.17) is 0 Å². The van der Waals surface area contributed by atoms with Crippen LogP contribution < -0.4 is 20.2 Å². The summed E-state index contributed by atoms with van der Waals surface area (Å²) >= 11 is 2.15. The number of nitrogens with one attached hydrogen (secondary N) is 1. The van der Waals surface area contributed by atoms with Crippen LogP contribution in [0.25, 0.3) is 6.08 Å². The van der Waals surface area contributed by atoms with E-state index in [1.54, 1.807) is 67.9 Å². The van der Waals surface area contributed by atoms with Crippen LogP contribution >= 0.6 is 23.1 Å². The van der Waals surface area contributed by atoms with Crippen molar-refractivity contribution in [3.8, 4) is 0 Å². The smallest absolute Gasteiger partial charge is 0.283 e. The first-order valence-electron chi connectivity index (χ1n) is 13.2. The zero-order chi connectivity index (χ0) is 30.8. The summed E-state index contributed by atoms with van der Waals surface area (Å²) in [6.45, 7) is 1.68. The maximum atomic E-state index is 13.9. The van der Waals surface area contributed by atoms with E-state index in [1.165, 1.54) is 34.9 Å². The summed E-state index contributed by atoms with van der Waals surface area (Å²) in [5.74, 6) is -0.911. The number of para-hydroxylation sites is 1. The van der Waals surface area contributed by atoms with Gasteiger partial charge in [-0.2, -0.15) is 0 Å². The minimum absolute atomic E-state index is 0.163. The molecule has 218 valence electrons. The molecule has 3 aromatic carbocycles. The first-order chi connectivity index (χ1) is 21.3. The number of hydrogen-bond donors (Lipinski definition) is 1. The number of nitro benzene ring substituents is 1. The van der Waals surface area contributed by atoms with Crippen molar-refractivity contribution in [3.05, 3.63) is 149 Å². The molecule has 0 saturated heterocycles. The molecule has 1 amide bonds. The van der Waals surface area contributed by atoms with Crippen molar-refractivity contribution in [2.45, 2.75) is 23.0 Å². The summed E-state index contributed by atoms with van der Waals surface area (Å²) < 4.78 is 15.6. The third kappa shape index (κ3) is 5.82. The van der Waals surface area contributed by atoms with E-state index in [1.807, 2.05) is 6.07 Å². The van der Waals surface area contributed by atoms with Crippen LogP contribution in [0.1, 0.15) is 24.1 Å². The number of nitrogens with zero attached hydrogens (tertiary/aromatic N) is 5. The number of benzene rings is 3. The summed E-state index contributed by atoms with van der Waals surface area (Å²) in [6.07, 6.45) is 4.65. The zero-order valence-corrected chi connectivity index (χ0v) is 24.5. The SMILES string of the molecule is CC1=C(C(=O)Nc2ccccc2)[C@@H](c2ccc(F)cc2)n2c(s/c(=C/c3ccc(Sc4ncccn4)c([N+](=O)[O-])c3)c2=O)=N1. The lowest BCUT2D eigenvalue weighted by Crippen LogP contribution is -2.40. The Morgan fingerprint density at radius 3 is 2.50 bits per heavy atom. The fraction of sp³-hybridized carbons (Fsp3) is 0.0645. The first-order valence-corrected chi connectivity index (χ1v) is 14.8. The van der Waals surface area contributed by atoms with Crippen molar-refractivity contribution in [1.29, 1.82) is 0 Å². The zero-order valence-electron chi connectivity index (χ0n) is 22.9. The van der Waals surface area contributed by atoms with Crippen LogP contribution in [0.4, 0.5) is 15.8 Å². The summed E-state index contributed by atoms with van der Waals surface area (Å²) in [6, 6.07) is 19.9. The highest BCUT2D eigenvalue weighted by atomic mass is 32.2. The maximum absolute atomic E-state index is 13.9. The molecule has 1 aliphatic rings. The van der Waals surface area contributed by atoms with E-state index in [-0.39, 0.29) is 15.8 Å². The lowest BCUT2D eigenvalue weighted by Gasteiger charge is -2.25. The third-order valence-corrected chi connectivity index (χ3v) is 8.65. The van der Waals surface area contributed by atoms with E-state index in [2.05, 4.69) is 20.3 Å². The van der Waals surface area contributed by atoms with Gasteiger partial charge in [0, 0.05) is 24.1 Å². The summed E-state index contributed by atoms with van der Waals surface area (Å²) in [5, 5.41) is 15.1. The minimum Gasteiger partial charge on any atom is -0.322 e. The predicted molar refractivity (Wildman–Crippen MR) is 164 cm³/mol. The predicted octanol–water partition coefficient (Wildman–Crippen LogP) is 4.86. The minimum atomic E-state index is -0.892. The van der Waals surface area contributed by atoms with Crippen molar-refractivity contribution in [1.82, 2.24) is 14.5 Å². The standard InChI is InChI=1S/C31H21FN6O4S2/c1-18-26(28(39)36-22-6-3-2-4-7-22)27(20-9-11-21(32)12-10-20)37-29(40)25(44-31(37)35-18)17-19-8-13-24(23(16-19)38(41)42)43-30-33-14-5-15-34-30/h2-17,27H,1H3,(H,36,39)/b25-17+/t27-/m1/s1. The molecule has 1 atom stereocenters. The normalized spacial score (nSPS) is 14.6. The molecule has 2 aromatic heterocycles. The molecule has 5 aromatic rings. The van der Waals surface area contributed by atoms with Gasteiger partial charge in [-0.15, -0.1) is 0 Å². The molecule has 0 unspecified atom stereocenters. The number of hydrogen-bond acceptors (Lipinski definition) is 9. The number of allylic oxidation sites excluding steroid dienone is 1. The van der Waals surface area contributed by atoms with Gasteiger partial charge in [0.25, 0.3) is 17.2 Å². The van der Waals surface area contributed by atoms with Gasteiger partial charge in [-0.25, -0.2) is 19.4 Å². The first kappa shape index (κ1) is 28.8. The lowest BCUT2D eigenvalue weighted by atomic mass is 9.95. The van der Waals surface area contributed by atoms with Gasteiger partial charge in [-0.3, -0.25) is 24.3 Å². The van der Waals surface area contributed by atoms with Crippen molar-refractivity contribution in [2.24, 2.45) is 4.99 Å². The van der Waals surface area contributed by atoms with E-state index >= 15 is 0 Å². The largest absolute Gasteiger partial charge is 0.322 e. The molecule has 3 heterocycles. The highest BCUT2D eigenvalue weighted by Gasteiger charge is 2.32. The number of carbonyl (C=O) groups excluding carboxylic acids is 1. The molecule has 1 N–H and O–H groups in total. The molecular formula is C31H21FN6O4S2. The number of rotatable bonds is 7. The number of carbonyl (C=O) groups is 1. The summed E-state index contributed by atoms with van der Waals surface area (Å²) in [7, 11) is 0. The molecule has 0 spiro atoms. The van der Waals surface area contributed by atoms with Crippen LogP contribution in [0.3, 0.4) is 0 Å². The molecule has 0 radical (unpaired) electrons. The molecule has 0 bridgehead atoms. The fourth-order valence-electron chi connectivity index (χ4n) is 4.73. The molecule has 0 fully saturated rings. The topological polar surface area (TPSA) is 132 Å². The van der Waals surface area contributed by atoms with Crippen LogP contribution in [0.2, 0.25) is 0 Å². The molecule has 0 aliphatic carbocycles. The molecule has 44 heavy (non-hydrogen) atoms. The number of fused-ring (bicyclic) bond motifs is 1. The van der Waals surface area contributed by atoms with Crippen LogP contribution in [-0.2, 0) is 4.79 Å². The van der Waals surface area contributed by atoms with Crippen molar-refractivity contribution in [3.63, 3.8) is 0 Å². The van der Waals surface area contributed by atoms with E-state index < -0.39 is 28.2 Å². The Kier molecular flexibility index (Phi) is 7.96. The Labute approximate surface area is 257 Å². The van der Waals surface area contributed by atoms with Crippen LogP contribution in [0.5, 0.6) is 0 Å². The molecule has 1 aliphatic heterocycles. The van der Waals surface area contributed by atoms with Crippen LogP contribution in [0.15, 0.2) is 122 Å². The van der Waals surface area contributed by atoms with Gasteiger partial charge in [-0.1, -0.05) is 47.7 Å². The van der Waals surface area contributed by atoms with Gasteiger partial charge in [-0.05, 0) is 72.3 Å². The number of amides is 1. The second-order valence-corrected chi connectivity index (χ2v) is 11.6. The lowest BCUT2D eigenvalue weighted by molar-refractivity contribution is -0.387. The van der Waals surface area contributed by atoms with E-state index in [9.17, 15) is 24.1 Å². The number of aromatic nitrogens is 3. The Morgan fingerprint density at radius 2 is 1.80 bits per heavy atom. The van der Waals surface area contributed by atoms with Gasteiger partial charge in [0.05, 0.1) is 31.7 Å². The highest BCUT2D eigenvalue weighted by Crippen LogP contribution is 2.34. The van der Waals surface area contributed by atoms with Crippen LogP contribution in [0, 0.1) is 15.9 Å². The molecule has 0 saturated carbocycles. The van der Waals surface area contributed by atoms with Gasteiger partial charge in [0.2, 0.25) is 0 Å². The number of halogens is 1. The number of thiazole rings is 1. The van der Waals surface area contributed by atoms with Crippen molar-refractivity contribution >= 4 is 46.5 Å². The van der Waals surface area contributed by atoms with Gasteiger partial charge in [0.1, 0.15) is 5.82 Å². The van der Waals surface area contributed by atoms with Crippen molar-refractivity contribution in [2.75, 3.05) is 5.32 Å². The Balaban J connectivity index is 1.44. The highest BCUT2D eigenvalue weighted by molar-refractivity contribution is 7.99. The Bertz CT molecular complexity index is 2110. The Hall–Kier alpha value is -5.27. The van der Waals surface area contributed by atoms with Crippen molar-refractivity contribution < 1.29 is 14.1 Å².